The van der Waals surface area contributed by atoms with Gasteiger partial charge in [0.1, 0.15) is 12.0 Å². The highest BCUT2D eigenvalue weighted by atomic mass is 35.5. The van der Waals surface area contributed by atoms with E-state index >= 15 is 0 Å². The summed E-state index contributed by atoms with van der Waals surface area (Å²) in [7, 11) is 0. The average molecular weight is 337 g/mol. The molecule has 120 valence electrons. The van der Waals surface area contributed by atoms with Crippen LogP contribution in [0, 0.1) is 0 Å². The smallest absolute Gasteiger partial charge is 0.243 e. The Kier molecular flexibility index (Phi) is 3.87. The molecule has 0 amide bonds. The zero-order chi connectivity index (χ0) is 16.5. The lowest BCUT2D eigenvalue weighted by atomic mass is 9.87. The quantitative estimate of drug-likeness (QED) is 0.495. The molecule has 0 radical (unpaired) electrons. The van der Waals surface area contributed by atoms with Crippen molar-refractivity contribution in [1.82, 2.24) is 9.97 Å². The molecule has 1 N–H and O–H groups in total. The molecule has 0 aliphatic heterocycles. The van der Waals surface area contributed by atoms with Gasteiger partial charge in [-0.05, 0) is 35.7 Å². The second-order valence-electron chi connectivity index (χ2n) is 5.81. The summed E-state index contributed by atoms with van der Waals surface area (Å²) in [5, 5.41) is 1.84. The van der Waals surface area contributed by atoms with Crippen molar-refractivity contribution in [3.05, 3.63) is 77.1 Å². The Morgan fingerprint density at radius 3 is 2.71 bits per heavy atom. The normalized spacial score (nSPS) is 12.6. The molecule has 1 unspecified atom stereocenters. The second-order valence-corrected chi connectivity index (χ2v) is 6.25. The Balaban J connectivity index is 2.01. The number of halogens is 1. The Morgan fingerprint density at radius 2 is 2.00 bits per heavy atom. The van der Waals surface area contributed by atoms with Crippen LogP contribution in [0.1, 0.15) is 30.4 Å². The average Bonchev–Trinajstić information content (AvgIpc) is 3.25. The number of H-pyrrole nitrogens is 1. The van der Waals surface area contributed by atoms with Crippen LogP contribution in [0.5, 0.6) is 0 Å². The number of aromatic nitrogens is 2. The molecule has 3 nitrogen and oxygen atoms in total. The predicted octanol–water partition coefficient (Wildman–Crippen LogP) is 6.02. The lowest BCUT2D eigenvalue weighted by Gasteiger charge is -2.16. The molecule has 4 heteroatoms. The first-order chi connectivity index (χ1) is 11.8. The van der Waals surface area contributed by atoms with Crippen molar-refractivity contribution in [2.24, 2.45) is 0 Å². The highest BCUT2D eigenvalue weighted by molar-refractivity contribution is 6.31. The lowest BCUT2D eigenvalue weighted by molar-refractivity contribution is 0.571. The molecular weight excluding hydrogens is 320 g/mol. The number of hydrogen-bond donors (Lipinski definition) is 1. The third kappa shape index (κ3) is 2.51. The van der Waals surface area contributed by atoms with Gasteiger partial charge < -0.3 is 9.40 Å². The summed E-state index contributed by atoms with van der Waals surface area (Å²) in [6.45, 7) is 2.19. The van der Waals surface area contributed by atoms with Crippen LogP contribution in [-0.4, -0.2) is 9.97 Å². The molecule has 4 rings (SSSR count). The van der Waals surface area contributed by atoms with Crippen LogP contribution < -0.4 is 0 Å². The molecule has 0 aliphatic rings. The van der Waals surface area contributed by atoms with E-state index in [4.69, 9.17) is 16.0 Å². The molecule has 24 heavy (non-hydrogen) atoms. The summed E-state index contributed by atoms with van der Waals surface area (Å²) in [6.07, 6.45) is 4.24. The number of nitrogens with one attached hydrogen (secondary N) is 1. The topological polar surface area (TPSA) is 41.8 Å². The van der Waals surface area contributed by atoms with Gasteiger partial charge in [-0.3, -0.25) is 0 Å². The number of oxazole rings is 1. The Labute approximate surface area is 145 Å². The molecule has 2 aromatic heterocycles. The number of aromatic amines is 1. The minimum Gasteiger partial charge on any atom is -0.443 e. The number of nitrogens with zero attached hydrogens (tertiary/aromatic N) is 1. The van der Waals surface area contributed by atoms with Gasteiger partial charge in [-0.2, -0.15) is 0 Å². The van der Waals surface area contributed by atoms with E-state index in [1.165, 1.54) is 11.1 Å². The molecule has 1 atom stereocenters. The highest BCUT2D eigenvalue weighted by Gasteiger charge is 2.24. The third-order valence-electron chi connectivity index (χ3n) is 4.41. The fourth-order valence-corrected chi connectivity index (χ4v) is 3.53. The summed E-state index contributed by atoms with van der Waals surface area (Å²) in [5.74, 6) is 0.840. The van der Waals surface area contributed by atoms with Crippen LogP contribution in [0.3, 0.4) is 0 Å². The van der Waals surface area contributed by atoms with Crippen LogP contribution in [0.25, 0.3) is 22.5 Å². The minimum absolute atomic E-state index is 0.236. The Hall–Kier alpha value is -2.52. The van der Waals surface area contributed by atoms with E-state index in [2.05, 4.69) is 41.2 Å². The summed E-state index contributed by atoms with van der Waals surface area (Å²) in [4.78, 5) is 7.81. The van der Waals surface area contributed by atoms with Crippen LogP contribution >= 0.6 is 11.6 Å². The number of hydrogen-bond acceptors (Lipinski definition) is 2. The largest absolute Gasteiger partial charge is 0.443 e. The summed E-state index contributed by atoms with van der Waals surface area (Å²) >= 11 is 6.27. The van der Waals surface area contributed by atoms with Crippen molar-refractivity contribution in [3.63, 3.8) is 0 Å². The van der Waals surface area contributed by atoms with Crippen LogP contribution in [0.4, 0.5) is 0 Å². The Morgan fingerprint density at radius 1 is 1.17 bits per heavy atom. The standard InChI is InChI=1S/C20H17ClN2O/c1-2-15(13-6-4-3-5-7-13)18-16-12-14(21)8-9-17(16)23-19(18)20-22-10-11-24-20/h3-12,15,23H,2H2,1H3. The van der Waals surface area contributed by atoms with Crippen LogP contribution in [0.2, 0.25) is 5.02 Å². The summed E-state index contributed by atoms with van der Waals surface area (Å²) in [6, 6.07) is 16.4. The molecule has 0 aliphatic carbocycles. The molecule has 0 fully saturated rings. The second kappa shape index (κ2) is 6.17. The van der Waals surface area contributed by atoms with Crippen molar-refractivity contribution in [2.45, 2.75) is 19.3 Å². The zero-order valence-corrected chi connectivity index (χ0v) is 14.0. The number of fused-ring (bicyclic) bond motifs is 1. The third-order valence-corrected chi connectivity index (χ3v) is 4.64. The van der Waals surface area contributed by atoms with Gasteiger partial charge in [-0.25, -0.2) is 4.98 Å². The monoisotopic (exact) mass is 336 g/mol. The first-order valence-electron chi connectivity index (χ1n) is 8.04. The first kappa shape index (κ1) is 15.0. The van der Waals surface area contributed by atoms with E-state index in [0.717, 1.165) is 28.0 Å². The fourth-order valence-electron chi connectivity index (χ4n) is 3.35. The van der Waals surface area contributed by atoms with Crippen molar-refractivity contribution < 1.29 is 4.42 Å². The van der Waals surface area contributed by atoms with Gasteiger partial charge in [0.05, 0.1) is 6.20 Å². The molecule has 0 bridgehead atoms. The van der Waals surface area contributed by atoms with Gasteiger partial charge in [0.2, 0.25) is 5.89 Å². The predicted molar refractivity (Wildman–Crippen MR) is 97.4 cm³/mol. The highest BCUT2D eigenvalue weighted by Crippen LogP contribution is 2.40. The lowest BCUT2D eigenvalue weighted by Crippen LogP contribution is -2.01. The molecule has 0 saturated carbocycles. The maximum absolute atomic E-state index is 6.27. The van der Waals surface area contributed by atoms with Gasteiger partial charge in [0.25, 0.3) is 0 Å². The first-order valence-corrected chi connectivity index (χ1v) is 8.41. The summed E-state index contributed by atoms with van der Waals surface area (Å²) < 4.78 is 5.58. The van der Waals surface area contributed by atoms with Gasteiger partial charge in [0.15, 0.2) is 0 Å². The van der Waals surface area contributed by atoms with Crippen molar-refractivity contribution in [2.75, 3.05) is 0 Å². The number of rotatable bonds is 4. The minimum atomic E-state index is 0.236. The van der Waals surface area contributed by atoms with Crippen LogP contribution in [-0.2, 0) is 0 Å². The van der Waals surface area contributed by atoms with Gasteiger partial charge in [0, 0.05) is 21.8 Å². The maximum atomic E-state index is 6.27. The van der Waals surface area contributed by atoms with Crippen molar-refractivity contribution >= 4 is 22.5 Å². The molecular formula is C20H17ClN2O. The molecule has 4 aromatic rings. The Bertz CT molecular complexity index is 958. The number of benzene rings is 2. The van der Waals surface area contributed by atoms with Gasteiger partial charge in [-0.15, -0.1) is 0 Å². The maximum Gasteiger partial charge on any atom is 0.243 e. The summed E-state index contributed by atoms with van der Waals surface area (Å²) in [5.41, 5.74) is 4.42. The van der Waals surface area contributed by atoms with Crippen LogP contribution in [0.15, 0.2) is 65.4 Å². The van der Waals surface area contributed by atoms with E-state index in [0.29, 0.717) is 5.89 Å². The van der Waals surface area contributed by atoms with E-state index in [1.807, 2.05) is 24.3 Å². The fraction of sp³-hybridized carbons (Fsp3) is 0.150. The zero-order valence-electron chi connectivity index (χ0n) is 13.3. The SMILES string of the molecule is CCC(c1ccccc1)c1c(-c2ncco2)[nH]c2ccc(Cl)cc12. The van der Waals surface area contributed by atoms with Crippen molar-refractivity contribution in [1.29, 1.82) is 0 Å². The van der Waals surface area contributed by atoms with E-state index in [9.17, 15) is 0 Å². The molecule has 2 aromatic carbocycles. The van der Waals surface area contributed by atoms with E-state index < -0.39 is 0 Å². The van der Waals surface area contributed by atoms with E-state index in [1.54, 1.807) is 12.5 Å². The molecule has 0 spiro atoms. The molecule has 2 heterocycles. The van der Waals surface area contributed by atoms with Gasteiger partial charge >= 0.3 is 0 Å². The van der Waals surface area contributed by atoms with E-state index in [-0.39, 0.29) is 5.92 Å². The van der Waals surface area contributed by atoms with Gasteiger partial charge in [-0.1, -0.05) is 48.9 Å². The van der Waals surface area contributed by atoms with Crippen molar-refractivity contribution in [3.8, 4) is 11.6 Å². The molecule has 0 saturated heterocycles.